The predicted molar refractivity (Wildman–Crippen MR) is 32.6 cm³/mol. The van der Waals surface area contributed by atoms with E-state index in [2.05, 4.69) is 6.92 Å². The first-order valence-electron chi connectivity index (χ1n) is 2.94. The summed E-state index contributed by atoms with van der Waals surface area (Å²) in [6.07, 6.45) is 1.13. The Balaban J connectivity index is 2.17. The second-order valence-electron chi connectivity index (χ2n) is 2.86. The molecule has 0 aromatic heterocycles. The van der Waals surface area contributed by atoms with Gasteiger partial charge in [0.25, 0.3) is 0 Å². The molecule has 0 spiro atoms. The van der Waals surface area contributed by atoms with Crippen LogP contribution in [0.4, 0.5) is 0 Å². The lowest BCUT2D eigenvalue weighted by Crippen LogP contribution is -2.21. The zero-order valence-electron chi connectivity index (χ0n) is 5.48. The van der Waals surface area contributed by atoms with Crippen molar-refractivity contribution in [3.63, 3.8) is 0 Å². The standard InChI is InChI=1S/C6H13NO/c1-6(7)3-5(6)4-8-2/h5H,3-4,7H2,1-2H3. The number of methoxy groups -OCH3 is 1. The molecule has 2 heteroatoms. The van der Waals surface area contributed by atoms with Gasteiger partial charge in [0.1, 0.15) is 0 Å². The fourth-order valence-electron chi connectivity index (χ4n) is 0.922. The molecule has 48 valence electrons. The summed E-state index contributed by atoms with van der Waals surface area (Å²) in [5, 5.41) is 0. The maximum absolute atomic E-state index is 5.72. The Morgan fingerprint density at radius 3 is 2.50 bits per heavy atom. The third-order valence-electron chi connectivity index (χ3n) is 1.83. The van der Waals surface area contributed by atoms with Crippen molar-refractivity contribution in [2.45, 2.75) is 18.9 Å². The Morgan fingerprint density at radius 2 is 2.38 bits per heavy atom. The third kappa shape index (κ3) is 1.01. The molecule has 2 atom stereocenters. The summed E-state index contributed by atoms with van der Waals surface area (Å²) in [5.41, 5.74) is 5.81. The van der Waals surface area contributed by atoms with E-state index >= 15 is 0 Å². The molecule has 1 rings (SSSR count). The topological polar surface area (TPSA) is 35.2 Å². The van der Waals surface area contributed by atoms with E-state index in [1.165, 1.54) is 0 Å². The van der Waals surface area contributed by atoms with E-state index in [0.717, 1.165) is 13.0 Å². The van der Waals surface area contributed by atoms with Crippen LogP contribution < -0.4 is 5.73 Å². The van der Waals surface area contributed by atoms with Crippen molar-refractivity contribution in [1.82, 2.24) is 0 Å². The molecule has 1 aliphatic carbocycles. The van der Waals surface area contributed by atoms with Gasteiger partial charge in [-0.05, 0) is 13.3 Å². The summed E-state index contributed by atoms with van der Waals surface area (Å²) >= 11 is 0. The van der Waals surface area contributed by atoms with E-state index in [9.17, 15) is 0 Å². The van der Waals surface area contributed by atoms with Crippen molar-refractivity contribution < 1.29 is 4.74 Å². The summed E-state index contributed by atoms with van der Waals surface area (Å²) in [4.78, 5) is 0. The van der Waals surface area contributed by atoms with Gasteiger partial charge in [0.2, 0.25) is 0 Å². The van der Waals surface area contributed by atoms with Crippen molar-refractivity contribution in [3.05, 3.63) is 0 Å². The average Bonchev–Trinajstić information content (AvgIpc) is 2.15. The van der Waals surface area contributed by atoms with Crippen molar-refractivity contribution in [1.29, 1.82) is 0 Å². The molecule has 0 heterocycles. The maximum Gasteiger partial charge on any atom is 0.0508 e. The summed E-state index contributed by atoms with van der Waals surface area (Å²) in [7, 11) is 1.72. The lowest BCUT2D eigenvalue weighted by atomic mass is 10.3. The van der Waals surface area contributed by atoms with Crippen LogP contribution in [0, 0.1) is 5.92 Å². The first-order chi connectivity index (χ1) is 3.67. The van der Waals surface area contributed by atoms with E-state index in [0.29, 0.717) is 5.92 Å². The molecule has 1 fully saturated rings. The van der Waals surface area contributed by atoms with E-state index in [1.807, 2.05) is 0 Å². The molecule has 2 unspecified atom stereocenters. The monoisotopic (exact) mass is 115 g/mol. The van der Waals surface area contributed by atoms with E-state index in [-0.39, 0.29) is 5.54 Å². The van der Waals surface area contributed by atoms with Gasteiger partial charge in [0.05, 0.1) is 6.61 Å². The quantitative estimate of drug-likeness (QED) is 0.564. The van der Waals surface area contributed by atoms with E-state index < -0.39 is 0 Å². The van der Waals surface area contributed by atoms with Gasteiger partial charge < -0.3 is 10.5 Å². The summed E-state index contributed by atoms with van der Waals surface area (Å²) in [6.45, 7) is 2.89. The summed E-state index contributed by atoms with van der Waals surface area (Å²) in [6, 6.07) is 0. The minimum Gasteiger partial charge on any atom is -0.384 e. The van der Waals surface area contributed by atoms with E-state index in [4.69, 9.17) is 10.5 Å². The summed E-state index contributed by atoms with van der Waals surface area (Å²) < 4.78 is 4.92. The first kappa shape index (κ1) is 6.05. The van der Waals surface area contributed by atoms with Gasteiger partial charge in [0.15, 0.2) is 0 Å². The zero-order chi connectivity index (χ0) is 6.20. The van der Waals surface area contributed by atoms with Gasteiger partial charge >= 0.3 is 0 Å². The maximum atomic E-state index is 5.72. The summed E-state index contributed by atoms with van der Waals surface area (Å²) in [5.74, 6) is 0.618. The number of ether oxygens (including phenoxy) is 1. The molecule has 0 radical (unpaired) electrons. The Bertz CT molecular complexity index is 90.5. The van der Waals surface area contributed by atoms with Gasteiger partial charge in [0, 0.05) is 18.6 Å². The van der Waals surface area contributed by atoms with Crippen LogP contribution >= 0.6 is 0 Å². The highest BCUT2D eigenvalue weighted by atomic mass is 16.5. The molecular formula is C6H13NO. The highest BCUT2D eigenvalue weighted by Crippen LogP contribution is 2.39. The van der Waals surface area contributed by atoms with Crippen molar-refractivity contribution in [2.75, 3.05) is 13.7 Å². The number of nitrogens with two attached hydrogens (primary N) is 1. The highest BCUT2D eigenvalue weighted by molar-refractivity contribution is 5.03. The van der Waals surface area contributed by atoms with Crippen LogP contribution in [0.25, 0.3) is 0 Å². The Kier molecular flexibility index (Phi) is 1.29. The van der Waals surface area contributed by atoms with E-state index in [1.54, 1.807) is 7.11 Å². The van der Waals surface area contributed by atoms with Crippen LogP contribution in [-0.4, -0.2) is 19.3 Å². The van der Waals surface area contributed by atoms with Crippen LogP contribution in [0.1, 0.15) is 13.3 Å². The normalized spacial score (nSPS) is 44.6. The molecule has 8 heavy (non-hydrogen) atoms. The highest BCUT2D eigenvalue weighted by Gasteiger charge is 2.46. The van der Waals surface area contributed by atoms with Gasteiger partial charge in [-0.25, -0.2) is 0 Å². The number of rotatable bonds is 2. The number of hydrogen-bond donors (Lipinski definition) is 1. The molecule has 2 N–H and O–H groups in total. The Morgan fingerprint density at radius 1 is 1.88 bits per heavy atom. The second kappa shape index (κ2) is 1.71. The van der Waals surface area contributed by atoms with Gasteiger partial charge in [-0.1, -0.05) is 0 Å². The van der Waals surface area contributed by atoms with Crippen molar-refractivity contribution in [3.8, 4) is 0 Å². The van der Waals surface area contributed by atoms with Crippen molar-refractivity contribution >= 4 is 0 Å². The molecule has 0 bridgehead atoms. The second-order valence-corrected chi connectivity index (χ2v) is 2.86. The first-order valence-corrected chi connectivity index (χ1v) is 2.94. The smallest absolute Gasteiger partial charge is 0.0508 e. The molecule has 0 amide bonds. The largest absolute Gasteiger partial charge is 0.384 e. The van der Waals surface area contributed by atoms with Crippen LogP contribution in [0.5, 0.6) is 0 Å². The van der Waals surface area contributed by atoms with Crippen LogP contribution in [0.2, 0.25) is 0 Å². The third-order valence-corrected chi connectivity index (χ3v) is 1.83. The lowest BCUT2D eigenvalue weighted by Gasteiger charge is -1.99. The fraction of sp³-hybridized carbons (Fsp3) is 1.00. The predicted octanol–water partition coefficient (Wildman–Crippen LogP) is 0.370. The minimum atomic E-state index is 0.0933. The Hall–Kier alpha value is -0.0800. The Labute approximate surface area is 50.0 Å². The molecule has 1 aliphatic rings. The van der Waals surface area contributed by atoms with Gasteiger partial charge in [-0.2, -0.15) is 0 Å². The average molecular weight is 115 g/mol. The fourth-order valence-corrected chi connectivity index (χ4v) is 0.922. The van der Waals surface area contributed by atoms with Crippen LogP contribution in [-0.2, 0) is 4.74 Å². The van der Waals surface area contributed by atoms with Gasteiger partial charge in [-0.3, -0.25) is 0 Å². The zero-order valence-corrected chi connectivity index (χ0v) is 5.48. The molecule has 0 aromatic carbocycles. The van der Waals surface area contributed by atoms with Gasteiger partial charge in [-0.15, -0.1) is 0 Å². The molecular weight excluding hydrogens is 102 g/mol. The SMILES string of the molecule is COCC1CC1(C)N. The molecule has 0 aliphatic heterocycles. The molecule has 0 saturated heterocycles. The van der Waals surface area contributed by atoms with Crippen molar-refractivity contribution in [2.24, 2.45) is 11.7 Å². The minimum absolute atomic E-state index is 0.0933. The molecule has 0 aromatic rings. The molecule has 1 saturated carbocycles. The number of hydrogen-bond acceptors (Lipinski definition) is 2. The van der Waals surface area contributed by atoms with Crippen LogP contribution in [0.15, 0.2) is 0 Å². The molecule has 2 nitrogen and oxygen atoms in total. The lowest BCUT2D eigenvalue weighted by molar-refractivity contribution is 0.179. The van der Waals surface area contributed by atoms with Crippen LogP contribution in [0.3, 0.4) is 0 Å².